The van der Waals surface area contributed by atoms with Crippen molar-refractivity contribution >= 4 is 23.1 Å². The summed E-state index contributed by atoms with van der Waals surface area (Å²) < 4.78 is 1.52. The molecule has 2 atom stereocenters. The molecule has 1 aromatic rings. The summed E-state index contributed by atoms with van der Waals surface area (Å²) in [6, 6.07) is 4.09. The largest absolute Gasteiger partial charge is 0.309 e. The van der Waals surface area contributed by atoms with Crippen molar-refractivity contribution in [3.05, 3.63) is 17.0 Å². The van der Waals surface area contributed by atoms with Crippen molar-refractivity contribution in [3.63, 3.8) is 0 Å². The molecule has 0 radical (unpaired) electrons. The van der Waals surface area contributed by atoms with E-state index in [2.05, 4.69) is 56.3 Å². The Morgan fingerprint density at radius 3 is 2.65 bits per heavy atom. The molecule has 0 saturated heterocycles. The summed E-state index contributed by atoms with van der Waals surface area (Å²) in [4.78, 5) is 2.56. The fraction of sp³-hybridized carbons (Fsp3) is 0.750. The SMILES string of the molecule is CC(C)N(CCNC1C[C@H](C)Sc2sccc21)C(C)C. The van der Waals surface area contributed by atoms with E-state index in [4.69, 9.17) is 0 Å². The van der Waals surface area contributed by atoms with Gasteiger partial charge >= 0.3 is 0 Å². The number of fused-ring (bicyclic) bond motifs is 1. The van der Waals surface area contributed by atoms with Crippen LogP contribution in [0, 0.1) is 0 Å². The summed E-state index contributed by atoms with van der Waals surface area (Å²) >= 11 is 3.93. The summed E-state index contributed by atoms with van der Waals surface area (Å²) in [7, 11) is 0. The summed E-state index contributed by atoms with van der Waals surface area (Å²) in [5, 5.41) is 6.75. The average Bonchev–Trinajstić information content (AvgIpc) is 2.81. The van der Waals surface area contributed by atoms with Crippen LogP contribution in [0.3, 0.4) is 0 Å². The average molecular weight is 313 g/mol. The molecule has 2 heterocycles. The Balaban J connectivity index is 1.89. The second-order valence-electron chi connectivity index (χ2n) is 6.26. The first-order chi connectivity index (χ1) is 9.49. The fourth-order valence-electron chi connectivity index (χ4n) is 3.02. The molecule has 1 N–H and O–H groups in total. The summed E-state index contributed by atoms with van der Waals surface area (Å²) in [5.74, 6) is 0. The van der Waals surface area contributed by atoms with Crippen molar-refractivity contribution in [1.29, 1.82) is 0 Å². The fourth-order valence-corrected chi connectivity index (χ4v) is 5.59. The molecule has 1 unspecified atom stereocenters. The smallest absolute Gasteiger partial charge is 0.0649 e. The van der Waals surface area contributed by atoms with Gasteiger partial charge < -0.3 is 5.32 Å². The molecular formula is C16H28N2S2. The number of thioether (sulfide) groups is 1. The van der Waals surface area contributed by atoms with E-state index in [-0.39, 0.29) is 0 Å². The Morgan fingerprint density at radius 1 is 1.30 bits per heavy atom. The third-order valence-corrected chi connectivity index (χ3v) is 6.34. The molecule has 4 heteroatoms. The summed E-state index contributed by atoms with van der Waals surface area (Å²) in [5.41, 5.74) is 1.53. The summed E-state index contributed by atoms with van der Waals surface area (Å²) in [6.45, 7) is 13.7. The van der Waals surface area contributed by atoms with Crippen molar-refractivity contribution in [2.45, 2.75) is 68.6 Å². The predicted octanol–water partition coefficient (Wildman–Crippen LogP) is 4.38. The Hall–Kier alpha value is -0.0300. The van der Waals surface area contributed by atoms with Gasteiger partial charge in [0.2, 0.25) is 0 Å². The van der Waals surface area contributed by atoms with Gasteiger partial charge in [-0.3, -0.25) is 4.90 Å². The molecule has 0 amide bonds. The van der Waals surface area contributed by atoms with Crippen LogP contribution in [-0.2, 0) is 0 Å². The number of thiophene rings is 1. The van der Waals surface area contributed by atoms with Crippen LogP contribution in [0.25, 0.3) is 0 Å². The molecule has 1 aliphatic heterocycles. The molecule has 2 rings (SSSR count). The van der Waals surface area contributed by atoms with Crippen molar-refractivity contribution < 1.29 is 0 Å². The molecule has 114 valence electrons. The molecule has 2 nitrogen and oxygen atoms in total. The third kappa shape index (κ3) is 4.00. The maximum Gasteiger partial charge on any atom is 0.0649 e. The Kier molecular flexibility index (Phi) is 5.96. The Morgan fingerprint density at radius 2 is 2.00 bits per heavy atom. The highest BCUT2D eigenvalue weighted by Gasteiger charge is 2.26. The van der Waals surface area contributed by atoms with Gasteiger partial charge in [-0.1, -0.05) is 6.92 Å². The van der Waals surface area contributed by atoms with Crippen LogP contribution in [-0.4, -0.2) is 35.3 Å². The van der Waals surface area contributed by atoms with Gasteiger partial charge in [0.15, 0.2) is 0 Å². The van der Waals surface area contributed by atoms with Gasteiger partial charge in [0.25, 0.3) is 0 Å². The molecule has 0 aromatic carbocycles. The zero-order valence-electron chi connectivity index (χ0n) is 13.3. The highest BCUT2D eigenvalue weighted by Crippen LogP contribution is 2.43. The van der Waals surface area contributed by atoms with Crippen molar-refractivity contribution in [2.75, 3.05) is 13.1 Å². The van der Waals surface area contributed by atoms with E-state index >= 15 is 0 Å². The van der Waals surface area contributed by atoms with E-state index in [1.807, 2.05) is 23.1 Å². The number of nitrogens with zero attached hydrogens (tertiary/aromatic N) is 1. The maximum absolute atomic E-state index is 3.79. The first kappa shape index (κ1) is 16.3. The highest BCUT2D eigenvalue weighted by molar-refractivity contribution is 8.01. The second kappa shape index (κ2) is 7.30. The predicted molar refractivity (Wildman–Crippen MR) is 92.0 cm³/mol. The standard InChI is InChI=1S/C16H28N2S2/c1-11(2)18(12(3)4)8-7-17-15-10-13(5)20-16-14(15)6-9-19-16/h6,9,11-13,15,17H,7-8,10H2,1-5H3/t13-,15?/m0/s1. The van der Waals surface area contributed by atoms with Crippen molar-refractivity contribution in [3.8, 4) is 0 Å². The molecule has 0 saturated carbocycles. The lowest BCUT2D eigenvalue weighted by Crippen LogP contribution is -2.42. The lowest BCUT2D eigenvalue weighted by atomic mass is 10.0. The van der Waals surface area contributed by atoms with E-state index in [1.54, 1.807) is 0 Å². The monoisotopic (exact) mass is 312 g/mol. The topological polar surface area (TPSA) is 15.3 Å². The van der Waals surface area contributed by atoms with Gasteiger partial charge in [-0.05, 0) is 51.1 Å². The van der Waals surface area contributed by atoms with Crippen molar-refractivity contribution in [1.82, 2.24) is 10.2 Å². The van der Waals surface area contributed by atoms with Crippen LogP contribution in [0.15, 0.2) is 15.7 Å². The van der Waals surface area contributed by atoms with Gasteiger partial charge in [0.05, 0.1) is 4.21 Å². The third-order valence-electron chi connectivity index (χ3n) is 4.00. The zero-order chi connectivity index (χ0) is 14.7. The molecule has 0 aliphatic carbocycles. The van der Waals surface area contributed by atoms with Crippen LogP contribution < -0.4 is 5.32 Å². The first-order valence-electron chi connectivity index (χ1n) is 7.72. The van der Waals surface area contributed by atoms with Crippen LogP contribution >= 0.6 is 23.1 Å². The summed E-state index contributed by atoms with van der Waals surface area (Å²) in [6.07, 6.45) is 1.25. The molecule has 1 aromatic heterocycles. The second-order valence-corrected chi connectivity index (χ2v) is 8.88. The Bertz CT molecular complexity index is 406. The molecule has 20 heavy (non-hydrogen) atoms. The molecule has 1 aliphatic rings. The minimum atomic E-state index is 0.550. The maximum atomic E-state index is 3.79. The number of hydrogen-bond acceptors (Lipinski definition) is 4. The lowest BCUT2D eigenvalue weighted by Gasteiger charge is -2.32. The minimum Gasteiger partial charge on any atom is -0.309 e. The molecular weight excluding hydrogens is 284 g/mol. The Labute approximate surface area is 132 Å². The van der Waals surface area contributed by atoms with Crippen LogP contribution in [0.2, 0.25) is 0 Å². The quantitative estimate of drug-likeness (QED) is 0.839. The van der Waals surface area contributed by atoms with Gasteiger partial charge in [-0.2, -0.15) is 0 Å². The number of rotatable bonds is 6. The van der Waals surface area contributed by atoms with E-state index in [1.165, 1.54) is 16.2 Å². The number of hydrogen-bond donors (Lipinski definition) is 1. The molecule has 0 fully saturated rings. The van der Waals surface area contributed by atoms with E-state index in [0.717, 1.165) is 18.3 Å². The van der Waals surface area contributed by atoms with Crippen LogP contribution in [0.5, 0.6) is 0 Å². The molecule has 0 spiro atoms. The van der Waals surface area contributed by atoms with Crippen LogP contribution in [0.4, 0.5) is 0 Å². The van der Waals surface area contributed by atoms with Gasteiger partial charge in [-0.25, -0.2) is 0 Å². The zero-order valence-corrected chi connectivity index (χ0v) is 15.0. The normalized spacial score (nSPS) is 22.8. The van der Waals surface area contributed by atoms with E-state index < -0.39 is 0 Å². The van der Waals surface area contributed by atoms with E-state index in [0.29, 0.717) is 18.1 Å². The lowest BCUT2D eigenvalue weighted by molar-refractivity contribution is 0.173. The van der Waals surface area contributed by atoms with Gasteiger partial charge in [-0.15, -0.1) is 23.1 Å². The van der Waals surface area contributed by atoms with E-state index in [9.17, 15) is 0 Å². The van der Waals surface area contributed by atoms with Gasteiger partial charge in [0, 0.05) is 36.5 Å². The number of nitrogens with one attached hydrogen (secondary N) is 1. The highest BCUT2D eigenvalue weighted by atomic mass is 32.2. The van der Waals surface area contributed by atoms with Crippen molar-refractivity contribution in [2.24, 2.45) is 0 Å². The molecule has 0 bridgehead atoms. The van der Waals surface area contributed by atoms with Crippen LogP contribution in [0.1, 0.15) is 52.6 Å². The first-order valence-corrected chi connectivity index (χ1v) is 9.48. The minimum absolute atomic E-state index is 0.550. The van der Waals surface area contributed by atoms with Gasteiger partial charge in [0.1, 0.15) is 0 Å².